The molecule has 0 amide bonds. The number of hydrogen-bond donors (Lipinski definition) is 1. The first kappa shape index (κ1) is 14.9. The number of ether oxygens (including phenoxy) is 1. The van der Waals surface area contributed by atoms with Crippen LogP contribution in [0.1, 0.15) is 32.0 Å². The summed E-state index contributed by atoms with van der Waals surface area (Å²) in [7, 11) is 1.88. The van der Waals surface area contributed by atoms with Gasteiger partial charge in [0, 0.05) is 25.7 Å². The maximum atomic E-state index is 6.55. The molecule has 7 heteroatoms. The summed E-state index contributed by atoms with van der Waals surface area (Å²) >= 11 is 3.45. The first-order valence-electron chi connectivity index (χ1n) is 6.64. The number of rotatable bonds is 4. The molecule has 0 spiro atoms. The molecular formula is C12H22BrN5O. The summed E-state index contributed by atoms with van der Waals surface area (Å²) in [5.41, 5.74) is 7.37. The Bertz CT molecular complexity index is 412. The van der Waals surface area contributed by atoms with Crippen LogP contribution in [0.15, 0.2) is 4.60 Å². The van der Waals surface area contributed by atoms with Gasteiger partial charge in [-0.05, 0) is 29.3 Å². The molecule has 1 aliphatic heterocycles. The summed E-state index contributed by atoms with van der Waals surface area (Å²) in [6.07, 6.45) is 0.964. The lowest BCUT2D eigenvalue weighted by Gasteiger charge is -2.46. The van der Waals surface area contributed by atoms with Crippen LogP contribution in [-0.2, 0) is 11.8 Å². The van der Waals surface area contributed by atoms with Crippen LogP contribution in [0.5, 0.6) is 0 Å². The Kier molecular flexibility index (Phi) is 4.60. The van der Waals surface area contributed by atoms with E-state index >= 15 is 0 Å². The quantitative estimate of drug-likeness (QED) is 0.894. The predicted molar refractivity (Wildman–Crippen MR) is 76.7 cm³/mol. The molecule has 2 unspecified atom stereocenters. The number of nitrogens with two attached hydrogens (primary N) is 1. The summed E-state index contributed by atoms with van der Waals surface area (Å²) in [5, 5.41) is 8.06. The molecule has 2 rings (SSSR count). The molecule has 2 heterocycles. The van der Waals surface area contributed by atoms with Gasteiger partial charge in [0.15, 0.2) is 4.60 Å². The van der Waals surface area contributed by atoms with E-state index in [0.717, 1.165) is 43.0 Å². The molecule has 1 saturated heterocycles. The van der Waals surface area contributed by atoms with Gasteiger partial charge in [-0.3, -0.25) is 4.90 Å². The van der Waals surface area contributed by atoms with Gasteiger partial charge in [-0.15, -0.1) is 5.10 Å². The van der Waals surface area contributed by atoms with E-state index in [4.69, 9.17) is 10.5 Å². The fraction of sp³-hybridized carbons (Fsp3) is 0.833. The topological polar surface area (TPSA) is 69.2 Å². The Morgan fingerprint density at radius 2 is 2.11 bits per heavy atom. The fourth-order valence-electron chi connectivity index (χ4n) is 2.68. The number of nitrogens with zero attached hydrogens (tertiary/aromatic N) is 4. The lowest BCUT2D eigenvalue weighted by Crippen LogP contribution is -2.57. The van der Waals surface area contributed by atoms with Crippen molar-refractivity contribution in [3.05, 3.63) is 10.3 Å². The molecule has 108 valence electrons. The summed E-state index contributed by atoms with van der Waals surface area (Å²) in [6, 6.07) is -0.148. The van der Waals surface area contributed by atoms with Crippen molar-refractivity contribution in [2.75, 3.05) is 26.3 Å². The number of aryl methyl sites for hydroxylation is 1. The van der Waals surface area contributed by atoms with Gasteiger partial charge in [-0.2, -0.15) is 0 Å². The third kappa shape index (κ3) is 2.69. The van der Waals surface area contributed by atoms with E-state index in [1.165, 1.54) is 0 Å². The average Bonchev–Trinajstić information content (AvgIpc) is 2.77. The predicted octanol–water partition coefficient (Wildman–Crippen LogP) is 1.08. The third-order valence-electron chi connectivity index (χ3n) is 4.24. The highest BCUT2D eigenvalue weighted by atomic mass is 79.9. The summed E-state index contributed by atoms with van der Waals surface area (Å²) in [5.74, 6) is 0. The molecular weight excluding hydrogens is 310 g/mol. The van der Waals surface area contributed by atoms with E-state index in [1.54, 1.807) is 4.68 Å². The minimum atomic E-state index is -0.148. The zero-order chi connectivity index (χ0) is 14.0. The highest BCUT2D eigenvalue weighted by Gasteiger charge is 2.40. The maximum Gasteiger partial charge on any atom is 0.153 e. The highest BCUT2D eigenvalue weighted by Crippen LogP contribution is 2.35. The fourth-order valence-corrected chi connectivity index (χ4v) is 3.25. The zero-order valence-electron chi connectivity index (χ0n) is 11.8. The Morgan fingerprint density at radius 1 is 1.47 bits per heavy atom. The minimum Gasteiger partial charge on any atom is -0.379 e. The summed E-state index contributed by atoms with van der Waals surface area (Å²) in [6.45, 7) is 7.76. The Morgan fingerprint density at radius 3 is 2.58 bits per heavy atom. The molecule has 1 aliphatic rings. The van der Waals surface area contributed by atoms with E-state index in [-0.39, 0.29) is 11.6 Å². The van der Waals surface area contributed by atoms with E-state index in [1.807, 2.05) is 7.05 Å². The SMILES string of the molecule is CCC(C)(C(N)c1c(Br)nnn1C)N1CCOCC1. The summed E-state index contributed by atoms with van der Waals surface area (Å²) < 4.78 is 7.92. The molecule has 2 atom stereocenters. The van der Waals surface area contributed by atoms with Gasteiger partial charge in [-0.1, -0.05) is 12.1 Å². The maximum absolute atomic E-state index is 6.55. The number of morpholine rings is 1. The van der Waals surface area contributed by atoms with Crippen molar-refractivity contribution in [2.24, 2.45) is 12.8 Å². The standard InChI is InChI=1S/C12H22BrN5O/c1-4-12(2,18-5-7-19-8-6-18)10(14)9-11(13)15-16-17(9)3/h10H,4-8,14H2,1-3H3. The van der Waals surface area contributed by atoms with Crippen molar-refractivity contribution in [1.82, 2.24) is 19.9 Å². The van der Waals surface area contributed by atoms with Crippen LogP contribution in [0.3, 0.4) is 0 Å². The highest BCUT2D eigenvalue weighted by molar-refractivity contribution is 9.10. The van der Waals surface area contributed by atoms with Crippen LogP contribution < -0.4 is 5.73 Å². The van der Waals surface area contributed by atoms with Crippen LogP contribution in [0.4, 0.5) is 0 Å². The average molecular weight is 332 g/mol. The largest absolute Gasteiger partial charge is 0.379 e. The molecule has 6 nitrogen and oxygen atoms in total. The van der Waals surface area contributed by atoms with Gasteiger partial charge in [-0.25, -0.2) is 4.68 Å². The van der Waals surface area contributed by atoms with Crippen molar-refractivity contribution in [1.29, 1.82) is 0 Å². The van der Waals surface area contributed by atoms with E-state index in [9.17, 15) is 0 Å². The van der Waals surface area contributed by atoms with Gasteiger partial charge in [0.05, 0.1) is 24.9 Å². The molecule has 1 fully saturated rings. The summed E-state index contributed by atoms with van der Waals surface area (Å²) in [4.78, 5) is 2.42. The molecule has 0 radical (unpaired) electrons. The lowest BCUT2D eigenvalue weighted by molar-refractivity contribution is -0.0287. The second-order valence-electron chi connectivity index (χ2n) is 5.18. The molecule has 0 bridgehead atoms. The van der Waals surface area contributed by atoms with Crippen LogP contribution in [-0.4, -0.2) is 51.7 Å². The number of hydrogen-bond acceptors (Lipinski definition) is 5. The molecule has 19 heavy (non-hydrogen) atoms. The second kappa shape index (κ2) is 5.87. The molecule has 0 aliphatic carbocycles. The number of halogens is 1. The number of aromatic nitrogens is 3. The zero-order valence-corrected chi connectivity index (χ0v) is 13.4. The van der Waals surface area contributed by atoms with E-state index < -0.39 is 0 Å². The van der Waals surface area contributed by atoms with Crippen LogP contribution in [0, 0.1) is 0 Å². The van der Waals surface area contributed by atoms with Gasteiger partial charge in [0.1, 0.15) is 0 Å². The van der Waals surface area contributed by atoms with Crippen molar-refractivity contribution >= 4 is 15.9 Å². The normalized spacial score (nSPS) is 22.2. The van der Waals surface area contributed by atoms with E-state index in [0.29, 0.717) is 0 Å². The Balaban J connectivity index is 2.29. The van der Waals surface area contributed by atoms with Crippen molar-refractivity contribution in [3.63, 3.8) is 0 Å². The van der Waals surface area contributed by atoms with Gasteiger partial charge >= 0.3 is 0 Å². The first-order valence-corrected chi connectivity index (χ1v) is 7.43. The van der Waals surface area contributed by atoms with Crippen LogP contribution >= 0.6 is 15.9 Å². The van der Waals surface area contributed by atoms with Crippen LogP contribution in [0.25, 0.3) is 0 Å². The van der Waals surface area contributed by atoms with Crippen molar-refractivity contribution in [2.45, 2.75) is 31.8 Å². The smallest absolute Gasteiger partial charge is 0.153 e. The molecule has 0 saturated carbocycles. The monoisotopic (exact) mass is 331 g/mol. The molecule has 2 N–H and O–H groups in total. The van der Waals surface area contributed by atoms with Crippen molar-refractivity contribution in [3.8, 4) is 0 Å². The van der Waals surface area contributed by atoms with Crippen molar-refractivity contribution < 1.29 is 4.74 Å². The van der Waals surface area contributed by atoms with Gasteiger partial charge < -0.3 is 10.5 Å². The minimum absolute atomic E-state index is 0.123. The Labute approximate surface area is 122 Å². The second-order valence-corrected chi connectivity index (χ2v) is 5.93. The van der Waals surface area contributed by atoms with E-state index in [2.05, 4.69) is 45.0 Å². The van der Waals surface area contributed by atoms with Gasteiger partial charge in [0.25, 0.3) is 0 Å². The third-order valence-corrected chi connectivity index (χ3v) is 4.81. The van der Waals surface area contributed by atoms with Crippen LogP contribution in [0.2, 0.25) is 0 Å². The molecule has 1 aromatic heterocycles. The molecule has 0 aromatic carbocycles. The van der Waals surface area contributed by atoms with Gasteiger partial charge in [0.2, 0.25) is 0 Å². The lowest BCUT2D eigenvalue weighted by atomic mass is 9.85. The molecule has 1 aromatic rings. The Hall–Kier alpha value is -0.500. The first-order chi connectivity index (χ1) is 9.00.